The van der Waals surface area contributed by atoms with Crippen molar-refractivity contribution in [3.05, 3.63) is 46.8 Å². The second kappa shape index (κ2) is 7.97. The smallest absolute Gasteiger partial charge is 0.353 e. The van der Waals surface area contributed by atoms with Crippen LogP contribution >= 0.6 is 0 Å². The van der Waals surface area contributed by atoms with Crippen LogP contribution in [0.5, 0.6) is 0 Å². The highest BCUT2D eigenvalue weighted by molar-refractivity contribution is 5.71. The monoisotopic (exact) mass is 383 g/mol. The Hall–Kier alpha value is -2.94. The van der Waals surface area contributed by atoms with E-state index >= 15 is 0 Å². The van der Waals surface area contributed by atoms with Gasteiger partial charge in [-0.25, -0.2) is 9.97 Å². The zero-order valence-corrected chi connectivity index (χ0v) is 16.1. The molecule has 0 radical (unpaired) electrons. The highest BCUT2D eigenvalue weighted by atomic mass is 16.6. The van der Waals surface area contributed by atoms with E-state index < -0.39 is 0 Å². The molecule has 0 bridgehead atoms. The van der Waals surface area contributed by atoms with Crippen molar-refractivity contribution in [2.45, 2.75) is 0 Å². The van der Waals surface area contributed by atoms with Gasteiger partial charge >= 0.3 is 5.69 Å². The van der Waals surface area contributed by atoms with Crippen LogP contribution in [0.3, 0.4) is 0 Å². The van der Waals surface area contributed by atoms with Gasteiger partial charge in [0.15, 0.2) is 0 Å². The number of rotatable bonds is 4. The van der Waals surface area contributed by atoms with Crippen LogP contribution in [0.25, 0.3) is 0 Å². The lowest BCUT2D eigenvalue weighted by Crippen LogP contribution is -2.47. The Bertz CT molecular complexity index is 816. The normalized spacial score (nSPS) is 18.4. The molecule has 0 atom stereocenters. The first-order chi connectivity index (χ1) is 13.6. The minimum atomic E-state index is -0.327. The van der Waals surface area contributed by atoms with Gasteiger partial charge in [0.05, 0.1) is 4.92 Å². The molecule has 148 valence electrons. The van der Waals surface area contributed by atoms with Crippen molar-refractivity contribution in [1.82, 2.24) is 14.9 Å². The molecular formula is C19H25N7O2. The van der Waals surface area contributed by atoms with E-state index in [0.717, 1.165) is 39.3 Å². The van der Waals surface area contributed by atoms with E-state index in [9.17, 15) is 10.1 Å². The Balaban J connectivity index is 1.55. The van der Waals surface area contributed by atoms with Crippen LogP contribution in [0.15, 0.2) is 36.7 Å². The molecule has 4 rings (SSSR count). The van der Waals surface area contributed by atoms with E-state index in [1.165, 1.54) is 12.0 Å². The van der Waals surface area contributed by atoms with Gasteiger partial charge in [0.1, 0.15) is 6.33 Å². The van der Waals surface area contributed by atoms with E-state index in [4.69, 9.17) is 0 Å². The molecule has 2 aliphatic rings. The molecule has 2 saturated heterocycles. The Morgan fingerprint density at radius 1 is 0.821 bits per heavy atom. The van der Waals surface area contributed by atoms with Crippen LogP contribution in [0, 0.1) is 10.1 Å². The van der Waals surface area contributed by atoms with E-state index in [-0.39, 0.29) is 10.6 Å². The van der Waals surface area contributed by atoms with Crippen molar-refractivity contribution in [2.24, 2.45) is 0 Å². The van der Waals surface area contributed by atoms with Crippen molar-refractivity contribution >= 4 is 23.0 Å². The zero-order chi connectivity index (χ0) is 19.5. The fraction of sp³-hybridized carbons (Fsp3) is 0.474. The fourth-order valence-corrected chi connectivity index (χ4v) is 3.82. The van der Waals surface area contributed by atoms with E-state index in [1.807, 2.05) is 28.0 Å². The van der Waals surface area contributed by atoms with Crippen LogP contribution in [0.2, 0.25) is 0 Å². The molecule has 0 aliphatic carbocycles. The molecule has 0 spiro atoms. The highest BCUT2D eigenvalue weighted by Gasteiger charge is 2.32. The molecule has 0 saturated carbocycles. The third kappa shape index (κ3) is 3.70. The van der Waals surface area contributed by atoms with Crippen molar-refractivity contribution < 1.29 is 4.92 Å². The van der Waals surface area contributed by atoms with Gasteiger partial charge in [0.25, 0.3) is 0 Å². The average Bonchev–Trinajstić information content (AvgIpc) is 2.74. The summed E-state index contributed by atoms with van der Waals surface area (Å²) in [5.74, 6) is 0.871. The summed E-state index contributed by atoms with van der Waals surface area (Å²) in [7, 11) is 2.06. The number of likely N-dealkylation sites (N-methyl/N-ethyl adjacent to an activating group) is 1. The SMILES string of the molecule is CN1CCN(c2ncnc(N3CCN(c4ccccc4)CC3)c2[N+](=O)[O-])CC1. The summed E-state index contributed by atoms with van der Waals surface area (Å²) in [4.78, 5) is 28.7. The molecule has 1 aromatic heterocycles. The quantitative estimate of drug-likeness (QED) is 0.580. The summed E-state index contributed by atoms with van der Waals surface area (Å²) in [6.45, 7) is 6.18. The average molecular weight is 383 g/mol. The molecule has 0 N–H and O–H groups in total. The van der Waals surface area contributed by atoms with E-state index in [2.05, 4.69) is 38.9 Å². The first kappa shape index (κ1) is 18.4. The lowest BCUT2D eigenvalue weighted by atomic mass is 10.2. The molecule has 0 amide bonds. The van der Waals surface area contributed by atoms with Crippen molar-refractivity contribution in [3.8, 4) is 0 Å². The van der Waals surface area contributed by atoms with Gasteiger partial charge < -0.3 is 19.6 Å². The number of nitrogens with zero attached hydrogens (tertiary/aromatic N) is 7. The standard InChI is InChI=1S/C19H25N7O2/c1-22-7-9-24(10-8-22)18-17(26(27)28)19(21-15-20-18)25-13-11-23(12-14-25)16-5-3-2-4-6-16/h2-6,15H,7-14H2,1H3. The lowest BCUT2D eigenvalue weighted by Gasteiger charge is -2.37. The Morgan fingerprint density at radius 2 is 1.32 bits per heavy atom. The summed E-state index contributed by atoms with van der Waals surface area (Å²) < 4.78 is 0. The third-order valence-corrected chi connectivity index (χ3v) is 5.47. The summed E-state index contributed by atoms with van der Waals surface area (Å²) in [5.41, 5.74) is 1.21. The van der Waals surface area contributed by atoms with E-state index in [1.54, 1.807) is 0 Å². The predicted molar refractivity (Wildman–Crippen MR) is 109 cm³/mol. The Kier molecular flexibility index (Phi) is 5.25. The Labute approximate surface area is 164 Å². The second-order valence-corrected chi connectivity index (χ2v) is 7.23. The number of aromatic nitrogens is 2. The van der Waals surface area contributed by atoms with Crippen molar-refractivity contribution in [2.75, 3.05) is 74.1 Å². The molecule has 28 heavy (non-hydrogen) atoms. The summed E-state index contributed by atoms with van der Waals surface area (Å²) >= 11 is 0. The maximum atomic E-state index is 11.9. The molecule has 9 heteroatoms. The largest absolute Gasteiger partial charge is 0.368 e. The van der Waals surface area contributed by atoms with Crippen LogP contribution in [-0.4, -0.2) is 79.2 Å². The molecule has 2 fully saturated rings. The van der Waals surface area contributed by atoms with Crippen molar-refractivity contribution in [1.29, 1.82) is 0 Å². The van der Waals surface area contributed by atoms with Gasteiger partial charge in [-0.05, 0) is 19.2 Å². The second-order valence-electron chi connectivity index (χ2n) is 7.23. The lowest BCUT2D eigenvalue weighted by molar-refractivity contribution is -0.383. The number of hydrogen-bond acceptors (Lipinski definition) is 8. The van der Waals surface area contributed by atoms with Gasteiger partial charge in [-0.3, -0.25) is 10.1 Å². The molecule has 2 aromatic rings. The van der Waals surface area contributed by atoms with Crippen LogP contribution in [0.4, 0.5) is 23.0 Å². The first-order valence-electron chi connectivity index (χ1n) is 9.61. The highest BCUT2D eigenvalue weighted by Crippen LogP contribution is 2.35. The number of para-hydroxylation sites is 1. The van der Waals surface area contributed by atoms with Gasteiger partial charge in [-0.1, -0.05) is 18.2 Å². The van der Waals surface area contributed by atoms with Gasteiger partial charge in [0, 0.05) is 58.0 Å². The number of benzene rings is 1. The summed E-state index contributed by atoms with van der Waals surface area (Å²) in [6.07, 6.45) is 1.46. The fourth-order valence-electron chi connectivity index (χ4n) is 3.82. The number of nitro groups is 1. The van der Waals surface area contributed by atoms with Gasteiger partial charge in [-0.15, -0.1) is 0 Å². The van der Waals surface area contributed by atoms with E-state index in [0.29, 0.717) is 24.7 Å². The van der Waals surface area contributed by atoms with Gasteiger partial charge in [-0.2, -0.15) is 0 Å². The molecule has 1 aromatic carbocycles. The molecule has 0 unspecified atom stereocenters. The maximum Gasteiger partial charge on any atom is 0.353 e. The molecular weight excluding hydrogens is 358 g/mol. The van der Waals surface area contributed by atoms with Crippen LogP contribution < -0.4 is 14.7 Å². The van der Waals surface area contributed by atoms with Gasteiger partial charge in [0.2, 0.25) is 11.6 Å². The van der Waals surface area contributed by atoms with Crippen molar-refractivity contribution in [3.63, 3.8) is 0 Å². The number of piperazine rings is 2. The summed E-state index contributed by atoms with van der Waals surface area (Å²) in [6, 6.07) is 10.2. The number of anilines is 3. The third-order valence-electron chi connectivity index (χ3n) is 5.47. The minimum absolute atomic E-state index is 0.0280. The minimum Gasteiger partial charge on any atom is -0.368 e. The predicted octanol–water partition coefficient (Wildman–Crippen LogP) is 1.46. The summed E-state index contributed by atoms with van der Waals surface area (Å²) in [5, 5.41) is 11.9. The van der Waals surface area contributed by atoms with Crippen LogP contribution in [0.1, 0.15) is 0 Å². The van der Waals surface area contributed by atoms with Crippen LogP contribution in [-0.2, 0) is 0 Å². The molecule has 3 heterocycles. The number of hydrogen-bond donors (Lipinski definition) is 0. The first-order valence-corrected chi connectivity index (χ1v) is 9.61. The molecule has 9 nitrogen and oxygen atoms in total. The Morgan fingerprint density at radius 3 is 1.86 bits per heavy atom. The maximum absolute atomic E-state index is 11.9. The molecule has 2 aliphatic heterocycles. The topological polar surface area (TPSA) is 81.9 Å². The zero-order valence-electron chi connectivity index (χ0n) is 16.1.